The summed E-state index contributed by atoms with van der Waals surface area (Å²) in [5, 5.41) is 9.18. The number of imidazole rings is 1. The molecule has 4 unspecified atom stereocenters. The van der Waals surface area contributed by atoms with Crippen LogP contribution in [0.15, 0.2) is 24.5 Å². The van der Waals surface area contributed by atoms with E-state index in [1.807, 2.05) is 12.4 Å². The van der Waals surface area contributed by atoms with Gasteiger partial charge in [-0.1, -0.05) is 6.42 Å². The molecule has 2 aliphatic rings. The van der Waals surface area contributed by atoms with E-state index in [-0.39, 0.29) is 0 Å². The van der Waals surface area contributed by atoms with Gasteiger partial charge in [0.25, 0.3) is 0 Å². The van der Waals surface area contributed by atoms with Gasteiger partial charge in [0.1, 0.15) is 0 Å². The average molecular weight is 284 g/mol. The molecule has 0 saturated heterocycles. The molecule has 1 N–H and O–H groups in total. The van der Waals surface area contributed by atoms with E-state index in [1.54, 1.807) is 12.1 Å². The summed E-state index contributed by atoms with van der Waals surface area (Å²) in [7, 11) is 0. The molecule has 0 radical (unpaired) electrons. The van der Waals surface area contributed by atoms with Crippen LogP contribution < -0.4 is 0 Å². The molecule has 2 aliphatic carbocycles. The van der Waals surface area contributed by atoms with Gasteiger partial charge >= 0.3 is 5.97 Å². The molecule has 21 heavy (non-hydrogen) atoms. The second-order valence-electron chi connectivity index (χ2n) is 6.74. The second kappa shape index (κ2) is 4.58. The molecule has 0 aliphatic heterocycles. The van der Waals surface area contributed by atoms with Crippen molar-refractivity contribution in [3.8, 4) is 0 Å². The standard InChI is InChI=1S/C17H20N2O2/c1-10(14-7-11-2-3-12(14)6-11)19-9-18-15-5-4-13(17(20)21)8-16(15)19/h4-5,8-12,14H,2-3,6-7H2,1H3,(H,20,21). The van der Waals surface area contributed by atoms with E-state index in [1.165, 1.54) is 25.7 Å². The van der Waals surface area contributed by atoms with E-state index >= 15 is 0 Å². The summed E-state index contributed by atoms with van der Waals surface area (Å²) in [6, 6.07) is 5.59. The molecular formula is C17H20N2O2. The monoisotopic (exact) mass is 284 g/mol. The number of nitrogens with zero attached hydrogens (tertiary/aromatic N) is 2. The average Bonchev–Trinajstić information content (AvgIpc) is 3.20. The first-order chi connectivity index (χ1) is 10.1. The van der Waals surface area contributed by atoms with Gasteiger partial charge in [-0.2, -0.15) is 0 Å². The molecule has 1 aromatic carbocycles. The topological polar surface area (TPSA) is 55.1 Å². The summed E-state index contributed by atoms with van der Waals surface area (Å²) >= 11 is 0. The first-order valence-corrected chi connectivity index (χ1v) is 7.83. The van der Waals surface area contributed by atoms with Gasteiger partial charge in [-0.15, -0.1) is 0 Å². The second-order valence-corrected chi connectivity index (χ2v) is 6.74. The van der Waals surface area contributed by atoms with Crippen molar-refractivity contribution in [2.45, 2.75) is 38.6 Å². The van der Waals surface area contributed by atoms with Crippen LogP contribution in [0.3, 0.4) is 0 Å². The number of benzene rings is 1. The van der Waals surface area contributed by atoms with Crippen molar-refractivity contribution in [1.82, 2.24) is 9.55 Å². The summed E-state index contributed by atoms with van der Waals surface area (Å²) < 4.78 is 2.19. The van der Waals surface area contributed by atoms with E-state index in [0.29, 0.717) is 11.6 Å². The summed E-state index contributed by atoms with van der Waals surface area (Å²) in [4.78, 5) is 15.6. The Balaban J connectivity index is 1.72. The first kappa shape index (κ1) is 12.9. The third kappa shape index (κ3) is 1.96. The van der Waals surface area contributed by atoms with Crippen LogP contribution in [0.5, 0.6) is 0 Å². The Morgan fingerprint density at radius 3 is 2.90 bits per heavy atom. The largest absolute Gasteiger partial charge is 0.478 e. The molecule has 2 bridgehead atoms. The van der Waals surface area contributed by atoms with Crippen molar-refractivity contribution in [3.05, 3.63) is 30.1 Å². The predicted octanol–water partition coefficient (Wildman–Crippen LogP) is 3.73. The minimum absolute atomic E-state index is 0.337. The molecule has 110 valence electrons. The highest BCUT2D eigenvalue weighted by atomic mass is 16.4. The highest BCUT2D eigenvalue weighted by Crippen LogP contribution is 2.52. The highest BCUT2D eigenvalue weighted by Gasteiger charge is 2.42. The molecule has 4 rings (SSSR count). The van der Waals surface area contributed by atoms with Gasteiger partial charge in [0.2, 0.25) is 0 Å². The maximum absolute atomic E-state index is 11.2. The molecule has 4 heteroatoms. The van der Waals surface area contributed by atoms with Crippen LogP contribution in [0.25, 0.3) is 11.0 Å². The SMILES string of the molecule is CC(C1CC2CCC1C2)n1cnc2ccc(C(=O)O)cc21. The Morgan fingerprint density at radius 1 is 1.38 bits per heavy atom. The number of hydrogen-bond donors (Lipinski definition) is 1. The smallest absolute Gasteiger partial charge is 0.335 e. The molecule has 1 aromatic heterocycles. The number of fused-ring (bicyclic) bond motifs is 3. The van der Waals surface area contributed by atoms with Crippen molar-refractivity contribution in [1.29, 1.82) is 0 Å². The summed E-state index contributed by atoms with van der Waals surface area (Å²) in [5.74, 6) is 1.61. The fourth-order valence-electron chi connectivity index (χ4n) is 4.57. The van der Waals surface area contributed by atoms with E-state index in [9.17, 15) is 9.90 Å². The molecule has 4 nitrogen and oxygen atoms in total. The number of carboxylic acid groups (broad SMARTS) is 1. The minimum atomic E-state index is -0.878. The molecule has 2 fully saturated rings. The fourth-order valence-corrected chi connectivity index (χ4v) is 4.57. The Bertz CT molecular complexity index is 706. The number of carboxylic acids is 1. The quantitative estimate of drug-likeness (QED) is 0.934. The summed E-state index contributed by atoms with van der Waals surface area (Å²) in [6.45, 7) is 2.26. The molecule has 0 amide bonds. The van der Waals surface area contributed by atoms with Crippen LogP contribution in [-0.4, -0.2) is 20.6 Å². The highest BCUT2D eigenvalue weighted by molar-refractivity contribution is 5.92. The number of rotatable bonds is 3. The van der Waals surface area contributed by atoms with Crippen molar-refractivity contribution in [2.24, 2.45) is 17.8 Å². The van der Waals surface area contributed by atoms with Crippen LogP contribution in [0.1, 0.15) is 49.0 Å². The van der Waals surface area contributed by atoms with E-state index in [0.717, 1.165) is 28.8 Å². The number of aromatic carboxylic acids is 1. The van der Waals surface area contributed by atoms with E-state index in [4.69, 9.17) is 0 Å². The third-order valence-electron chi connectivity index (χ3n) is 5.67. The van der Waals surface area contributed by atoms with Crippen molar-refractivity contribution in [2.75, 3.05) is 0 Å². The van der Waals surface area contributed by atoms with E-state index < -0.39 is 5.97 Å². The molecule has 2 aromatic rings. The maximum atomic E-state index is 11.2. The van der Waals surface area contributed by atoms with Gasteiger partial charge in [0, 0.05) is 6.04 Å². The lowest BCUT2D eigenvalue weighted by Crippen LogP contribution is -2.21. The zero-order valence-electron chi connectivity index (χ0n) is 12.2. The number of hydrogen-bond acceptors (Lipinski definition) is 2. The van der Waals surface area contributed by atoms with Gasteiger partial charge in [0.05, 0.1) is 22.9 Å². The van der Waals surface area contributed by atoms with Gasteiger partial charge in [-0.25, -0.2) is 9.78 Å². The predicted molar refractivity (Wildman–Crippen MR) is 80.3 cm³/mol. The molecule has 4 atom stereocenters. The van der Waals surface area contributed by atoms with Gasteiger partial charge < -0.3 is 9.67 Å². The zero-order valence-corrected chi connectivity index (χ0v) is 12.2. The van der Waals surface area contributed by atoms with Crippen LogP contribution in [0, 0.1) is 17.8 Å². The summed E-state index contributed by atoms with van der Waals surface area (Å²) in [6.07, 6.45) is 7.37. The lowest BCUT2D eigenvalue weighted by atomic mass is 9.84. The Hall–Kier alpha value is -1.84. The van der Waals surface area contributed by atoms with Crippen molar-refractivity contribution >= 4 is 17.0 Å². The summed E-state index contributed by atoms with van der Waals surface area (Å²) in [5.41, 5.74) is 2.17. The maximum Gasteiger partial charge on any atom is 0.335 e. The molecule has 0 spiro atoms. The lowest BCUT2D eigenvalue weighted by Gasteiger charge is -2.29. The third-order valence-corrected chi connectivity index (χ3v) is 5.67. The van der Waals surface area contributed by atoms with Crippen molar-refractivity contribution in [3.63, 3.8) is 0 Å². The van der Waals surface area contributed by atoms with Crippen LogP contribution in [0.2, 0.25) is 0 Å². The number of aromatic nitrogens is 2. The van der Waals surface area contributed by atoms with Crippen LogP contribution >= 0.6 is 0 Å². The Labute approximate surface area is 123 Å². The normalized spacial score (nSPS) is 29.1. The van der Waals surface area contributed by atoms with Gasteiger partial charge in [0.15, 0.2) is 0 Å². The lowest BCUT2D eigenvalue weighted by molar-refractivity contribution is 0.0697. The minimum Gasteiger partial charge on any atom is -0.478 e. The first-order valence-electron chi connectivity index (χ1n) is 7.83. The molecule has 2 saturated carbocycles. The molecule has 1 heterocycles. The molecular weight excluding hydrogens is 264 g/mol. The number of carbonyl (C=O) groups is 1. The fraction of sp³-hybridized carbons (Fsp3) is 0.529. The zero-order chi connectivity index (χ0) is 14.6. The van der Waals surface area contributed by atoms with E-state index in [2.05, 4.69) is 16.5 Å². The van der Waals surface area contributed by atoms with Crippen LogP contribution in [-0.2, 0) is 0 Å². The van der Waals surface area contributed by atoms with Crippen molar-refractivity contribution < 1.29 is 9.90 Å². The Kier molecular flexibility index (Phi) is 2.81. The Morgan fingerprint density at radius 2 is 2.24 bits per heavy atom. The van der Waals surface area contributed by atoms with Gasteiger partial charge in [-0.05, 0) is 62.1 Å². The van der Waals surface area contributed by atoms with Crippen LogP contribution in [0.4, 0.5) is 0 Å². The van der Waals surface area contributed by atoms with Gasteiger partial charge in [-0.3, -0.25) is 0 Å².